The predicted octanol–water partition coefficient (Wildman–Crippen LogP) is 3.59. The van der Waals surface area contributed by atoms with E-state index in [0.717, 1.165) is 38.6 Å². The van der Waals surface area contributed by atoms with Crippen molar-refractivity contribution in [2.24, 2.45) is 4.99 Å². The summed E-state index contributed by atoms with van der Waals surface area (Å²) in [5.41, 5.74) is 0. The van der Waals surface area contributed by atoms with Gasteiger partial charge in [0.25, 0.3) is 0 Å². The Kier molecular flexibility index (Phi) is 12.9. The van der Waals surface area contributed by atoms with E-state index in [9.17, 15) is 0 Å². The Bertz CT molecular complexity index is 423. The molecule has 0 aliphatic carbocycles. The van der Waals surface area contributed by atoms with Gasteiger partial charge in [-0.05, 0) is 32.4 Å². The minimum absolute atomic E-state index is 0. The van der Waals surface area contributed by atoms with Crippen molar-refractivity contribution < 1.29 is 4.74 Å². The Balaban J connectivity index is 0.00000441. The van der Waals surface area contributed by atoms with Crippen LogP contribution in [0.25, 0.3) is 0 Å². The molecule has 22 heavy (non-hydrogen) atoms. The molecule has 0 saturated carbocycles. The van der Waals surface area contributed by atoms with Gasteiger partial charge in [-0.25, -0.2) is 0 Å². The summed E-state index contributed by atoms with van der Waals surface area (Å²) in [6.45, 7) is 8.85. The monoisotopic (exact) mass is 439 g/mol. The van der Waals surface area contributed by atoms with Crippen LogP contribution in [0.1, 0.15) is 36.4 Å². The minimum atomic E-state index is 0. The van der Waals surface area contributed by atoms with Crippen molar-refractivity contribution in [1.82, 2.24) is 10.6 Å². The minimum Gasteiger partial charge on any atom is -0.380 e. The summed E-state index contributed by atoms with van der Waals surface area (Å²) in [5, 5.41) is 6.70. The summed E-state index contributed by atoms with van der Waals surface area (Å²) in [6.07, 6.45) is 3.33. The van der Waals surface area contributed by atoms with Gasteiger partial charge in [0.15, 0.2) is 5.96 Å². The lowest BCUT2D eigenvalue weighted by atomic mass is 10.2. The summed E-state index contributed by atoms with van der Waals surface area (Å²) >= 11 is 1.86. The van der Waals surface area contributed by atoms with Gasteiger partial charge < -0.3 is 15.4 Å². The molecule has 0 aliphatic rings. The van der Waals surface area contributed by atoms with Crippen LogP contribution in [0.3, 0.4) is 0 Å². The normalized spacial score (nSPS) is 12.6. The van der Waals surface area contributed by atoms with Gasteiger partial charge in [-0.1, -0.05) is 13.3 Å². The number of halogens is 1. The van der Waals surface area contributed by atoms with Crippen molar-refractivity contribution in [1.29, 1.82) is 0 Å². The van der Waals surface area contributed by atoms with Crippen molar-refractivity contribution in [2.75, 3.05) is 26.8 Å². The number of nitrogens with zero attached hydrogens (tertiary/aromatic N) is 1. The molecule has 6 heteroatoms. The number of nitrogens with one attached hydrogen (secondary N) is 2. The lowest BCUT2D eigenvalue weighted by Crippen LogP contribution is -2.44. The Morgan fingerprint density at radius 1 is 1.36 bits per heavy atom. The van der Waals surface area contributed by atoms with E-state index >= 15 is 0 Å². The first-order chi connectivity index (χ1) is 10.2. The fraction of sp³-hybridized carbons (Fsp3) is 0.688. The highest BCUT2D eigenvalue weighted by molar-refractivity contribution is 14.0. The van der Waals surface area contributed by atoms with E-state index in [1.54, 1.807) is 7.05 Å². The zero-order valence-corrected chi connectivity index (χ0v) is 17.3. The van der Waals surface area contributed by atoms with Gasteiger partial charge >= 0.3 is 0 Å². The van der Waals surface area contributed by atoms with E-state index in [1.165, 1.54) is 16.2 Å². The first-order valence-electron chi connectivity index (χ1n) is 7.76. The summed E-state index contributed by atoms with van der Waals surface area (Å²) in [6, 6.07) is 4.74. The summed E-state index contributed by atoms with van der Waals surface area (Å²) < 4.78 is 5.53. The third kappa shape index (κ3) is 9.63. The molecule has 0 radical (unpaired) electrons. The highest BCUT2D eigenvalue weighted by Crippen LogP contribution is 2.16. The highest BCUT2D eigenvalue weighted by Gasteiger charge is 2.07. The lowest BCUT2D eigenvalue weighted by Gasteiger charge is -2.17. The number of aryl methyl sites for hydroxylation is 1. The third-order valence-electron chi connectivity index (χ3n) is 3.09. The number of unbranched alkanes of at least 4 members (excludes halogenated alkanes) is 1. The van der Waals surface area contributed by atoms with Gasteiger partial charge in [0.2, 0.25) is 0 Å². The average Bonchev–Trinajstić information content (AvgIpc) is 2.86. The topological polar surface area (TPSA) is 45.6 Å². The van der Waals surface area contributed by atoms with E-state index < -0.39 is 0 Å². The molecule has 1 aromatic rings. The van der Waals surface area contributed by atoms with Gasteiger partial charge in [-0.3, -0.25) is 4.99 Å². The molecule has 0 bridgehead atoms. The van der Waals surface area contributed by atoms with E-state index in [4.69, 9.17) is 4.74 Å². The Labute approximate surface area is 156 Å². The zero-order valence-electron chi connectivity index (χ0n) is 14.1. The van der Waals surface area contributed by atoms with E-state index in [-0.39, 0.29) is 24.0 Å². The zero-order chi connectivity index (χ0) is 15.5. The van der Waals surface area contributed by atoms with Gasteiger partial charge in [0.1, 0.15) is 0 Å². The average molecular weight is 439 g/mol. The molecule has 4 nitrogen and oxygen atoms in total. The Hall–Kier alpha value is -0.340. The number of rotatable bonds is 9. The third-order valence-corrected chi connectivity index (χ3v) is 4.11. The Morgan fingerprint density at radius 2 is 2.14 bits per heavy atom. The van der Waals surface area contributed by atoms with Crippen molar-refractivity contribution in [3.63, 3.8) is 0 Å². The SMILES string of the molecule is CCCCOCCNC(=NC)NC(C)Cc1ccc(C)s1.I. The van der Waals surface area contributed by atoms with Gasteiger partial charge in [-0.15, -0.1) is 35.3 Å². The molecule has 0 saturated heterocycles. The lowest BCUT2D eigenvalue weighted by molar-refractivity contribution is 0.136. The predicted molar refractivity (Wildman–Crippen MR) is 108 cm³/mol. The van der Waals surface area contributed by atoms with Crippen molar-refractivity contribution >= 4 is 41.3 Å². The van der Waals surface area contributed by atoms with E-state index in [1.807, 2.05) is 11.3 Å². The Morgan fingerprint density at radius 3 is 2.73 bits per heavy atom. The quantitative estimate of drug-likeness (QED) is 0.268. The van der Waals surface area contributed by atoms with Crippen LogP contribution in [0.5, 0.6) is 0 Å². The van der Waals surface area contributed by atoms with Crippen molar-refractivity contribution in [3.8, 4) is 0 Å². The molecule has 1 unspecified atom stereocenters. The maximum atomic E-state index is 5.53. The van der Waals surface area contributed by atoms with Gasteiger partial charge in [-0.2, -0.15) is 0 Å². The first kappa shape index (κ1) is 21.7. The second kappa shape index (κ2) is 13.1. The van der Waals surface area contributed by atoms with Crippen LogP contribution in [0.2, 0.25) is 0 Å². The van der Waals surface area contributed by atoms with E-state index in [0.29, 0.717) is 6.04 Å². The molecule has 0 aromatic carbocycles. The van der Waals surface area contributed by atoms with Crippen LogP contribution in [0.15, 0.2) is 17.1 Å². The number of thiophene rings is 1. The molecule has 0 amide bonds. The molecule has 0 spiro atoms. The molecule has 1 aromatic heterocycles. The largest absolute Gasteiger partial charge is 0.380 e. The van der Waals surface area contributed by atoms with Crippen LogP contribution >= 0.6 is 35.3 Å². The number of ether oxygens (including phenoxy) is 1. The van der Waals surface area contributed by atoms with Gasteiger partial charge in [0.05, 0.1) is 6.61 Å². The fourth-order valence-corrected chi connectivity index (χ4v) is 2.98. The molecule has 1 atom stereocenters. The molecule has 2 N–H and O–H groups in total. The first-order valence-corrected chi connectivity index (χ1v) is 8.57. The summed E-state index contributed by atoms with van der Waals surface area (Å²) in [4.78, 5) is 7.02. The molecule has 1 rings (SSSR count). The number of aliphatic imine (C=N–C) groups is 1. The molecule has 128 valence electrons. The van der Waals surface area contributed by atoms with Crippen LogP contribution in [-0.4, -0.2) is 38.8 Å². The van der Waals surface area contributed by atoms with Gasteiger partial charge in [0, 0.05) is 42.4 Å². The van der Waals surface area contributed by atoms with Crippen molar-refractivity contribution in [3.05, 3.63) is 21.9 Å². The smallest absolute Gasteiger partial charge is 0.191 e. The van der Waals surface area contributed by atoms with Crippen LogP contribution in [0.4, 0.5) is 0 Å². The second-order valence-electron chi connectivity index (χ2n) is 5.23. The number of guanidine groups is 1. The highest BCUT2D eigenvalue weighted by atomic mass is 127. The molecular weight excluding hydrogens is 409 g/mol. The van der Waals surface area contributed by atoms with Crippen LogP contribution in [0, 0.1) is 6.92 Å². The van der Waals surface area contributed by atoms with E-state index in [2.05, 4.69) is 48.5 Å². The molecule has 1 heterocycles. The van der Waals surface area contributed by atoms with Crippen LogP contribution in [-0.2, 0) is 11.2 Å². The number of hydrogen-bond donors (Lipinski definition) is 2. The summed E-state index contributed by atoms with van der Waals surface area (Å²) in [5.74, 6) is 0.842. The van der Waals surface area contributed by atoms with Crippen LogP contribution < -0.4 is 10.6 Å². The molecule has 0 aliphatic heterocycles. The second-order valence-corrected chi connectivity index (χ2v) is 6.60. The standard InChI is InChI=1S/C16H29N3OS.HI/c1-5-6-10-20-11-9-18-16(17-4)19-13(2)12-15-8-7-14(3)21-15;/h7-8,13H,5-6,9-12H2,1-4H3,(H2,17,18,19);1H. The van der Waals surface area contributed by atoms with Crippen molar-refractivity contribution in [2.45, 2.75) is 46.1 Å². The number of hydrogen-bond acceptors (Lipinski definition) is 3. The molecule has 0 fully saturated rings. The maximum absolute atomic E-state index is 5.53. The maximum Gasteiger partial charge on any atom is 0.191 e. The molecular formula is C16H30IN3OS. The summed E-state index contributed by atoms with van der Waals surface area (Å²) in [7, 11) is 1.80. The fourth-order valence-electron chi connectivity index (χ4n) is 1.97.